The van der Waals surface area contributed by atoms with Crippen LogP contribution >= 0.6 is 0 Å². The van der Waals surface area contributed by atoms with E-state index >= 15 is 0 Å². The van der Waals surface area contributed by atoms with Crippen LogP contribution in [-0.2, 0) is 6.61 Å². The van der Waals surface area contributed by atoms with E-state index in [0.717, 1.165) is 6.42 Å². The Labute approximate surface area is 129 Å². The highest BCUT2D eigenvalue weighted by Crippen LogP contribution is 2.15. The molecular weight excluding hydrogens is 285 g/mol. The first kappa shape index (κ1) is 16.1. The number of nitrogens with one attached hydrogen (secondary N) is 1. The Balaban J connectivity index is 1.83. The molecule has 0 unspecified atom stereocenters. The number of halogens is 1. The van der Waals surface area contributed by atoms with E-state index in [1.807, 2.05) is 0 Å². The van der Waals surface area contributed by atoms with Crippen LogP contribution in [0.25, 0.3) is 0 Å². The molecule has 2 aromatic rings. The number of furan rings is 1. The fraction of sp³-hybridized carbons (Fsp3) is 0.353. The highest BCUT2D eigenvalue weighted by Gasteiger charge is 2.11. The number of carbonyl (C=O) groups excluding carboxylic acids is 1. The second-order valence-electron chi connectivity index (χ2n) is 5.45. The van der Waals surface area contributed by atoms with Gasteiger partial charge in [-0.25, -0.2) is 4.39 Å². The van der Waals surface area contributed by atoms with Gasteiger partial charge >= 0.3 is 0 Å². The van der Waals surface area contributed by atoms with Gasteiger partial charge in [-0.3, -0.25) is 4.79 Å². The van der Waals surface area contributed by atoms with Crippen molar-refractivity contribution in [3.8, 4) is 5.75 Å². The molecule has 1 amide bonds. The van der Waals surface area contributed by atoms with Crippen LogP contribution in [0.5, 0.6) is 5.75 Å². The molecule has 0 saturated heterocycles. The molecule has 0 radical (unpaired) electrons. The summed E-state index contributed by atoms with van der Waals surface area (Å²) in [6.07, 6.45) is 0.924. The number of benzene rings is 1. The van der Waals surface area contributed by atoms with Crippen LogP contribution in [-0.4, -0.2) is 12.5 Å². The van der Waals surface area contributed by atoms with Crippen LogP contribution in [0.2, 0.25) is 0 Å². The van der Waals surface area contributed by atoms with E-state index in [1.165, 1.54) is 24.3 Å². The van der Waals surface area contributed by atoms with Gasteiger partial charge in [0.05, 0.1) is 0 Å². The lowest BCUT2D eigenvalue weighted by atomic mass is 10.1. The van der Waals surface area contributed by atoms with E-state index < -0.39 is 0 Å². The van der Waals surface area contributed by atoms with Crippen molar-refractivity contribution in [2.75, 3.05) is 6.54 Å². The van der Waals surface area contributed by atoms with Gasteiger partial charge in [0.15, 0.2) is 5.76 Å². The summed E-state index contributed by atoms with van der Waals surface area (Å²) in [5.41, 5.74) is 0. The van der Waals surface area contributed by atoms with Gasteiger partial charge in [-0.15, -0.1) is 0 Å². The molecule has 0 spiro atoms. The number of carbonyl (C=O) groups is 1. The second kappa shape index (κ2) is 7.64. The van der Waals surface area contributed by atoms with E-state index in [9.17, 15) is 9.18 Å². The minimum absolute atomic E-state index is 0.185. The van der Waals surface area contributed by atoms with Crippen LogP contribution in [0.3, 0.4) is 0 Å². The zero-order valence-corrected chi connectivity index (χ0v) is 12.8. The molecule has 0 aliphatic carbocycles. The fourth-order valence-electron chi connectivity index (χ4n) is 1.82. The predicted octanol–water partition coefficient (Wildman–Crippen LogP) is 3.77. The Bertz CT molecular complexity index is 605. The van der Waals surface area contributed by atoms with Crippen molar-refractivity contribution >= 4 is 5.91 Å². The highest BCUT2D eigenvalue weighted by atomic mass is 19.1. The standard InChI is InChI=1S/C17H20FNO3/c1-12(2)9-10-19-17(20)16-8-7-15(22-16)11-21-14-5-3-13(18)4-6-14/h3-8,12H,9-11H2,1-2H3,(H,19,20). The molecule has 4 nitrogen and oxygen atoms in total. The van der Waals surface area contributed by atoms with E-state index in [-0.39, 0.29) is 24.1 Å². The Hall–Kier alpha value is -2.30. The molecular formula is C17H20FNO3. The van der Waals surface area contributed by atoms with E-state index in [0.29, 0.717) is 24.0 Å². The topological polar surface area (TPSA) is 51.5 Å². The van der Waals surface area contributed by atoms with Gasteiger partial charge in [-0.2, -0.15) is 0 Å². The lowest BCUT2D eigenvalue weighted by Crippen LogP contribution is -2.24. The first-order valence-electron chi connectivity index (χ1n) is 7.30. The molecule has 1 aromatic carbocycles. The molecule has 1 aromatic heterocycles. The summed E-state index contributed by atoms with van der Waals surface area (Å²) in [7, 11) is 0. The van der Waals surface area contributed by atoms with Gasteiger partial charge in [-0.05, 0) is 48.7 Å². The Morgan fingerprint density at radius 3 is 2.64 bits per heavy atom. The smallest absolute Gasteiger partial charge is 0.286 e. The summed E-state index contributed by atoms with van der Waals surface area (Å²) >= 11 is 0. The SMILES string of the molecule is CC(C)CCNC(=O)c1ccc(COc2ccc(F)cc2)o1. The largest absolute Gasteiger partial charge is 0.486 e. The van der Waals surface area contributed by atoms with Gasteiger partial charge in [0, 0.05) is 6.54 Å². The van der Waals surface area contributed by atoms with Crippen molar-refractivity contribution in [3.05, 3.63) is 53.7 Å². The van der Waals surface area contributed by atoms with E-state index in [2.05, 4.69) is 19.2 Å². The molecule has 1 N–H and O–H groups in total. The summed E-state index contributed by atoms with van der Waals surface area (Å²) in [6, 6.07) is 9.04. The summed E-state index contributed by atoms with van der Waals surface area (Å²) in [5.74, 6) is 1.34. The average Bonchev–Trinajstić information content (AvgIpc) is 2.95. The quantitative estimate of drug-likeness (QED) is 0.847. The molecule has 0 aliphatic rings. The third-order valence-corrected chi connectivity index (χ3v) is 3.09. The lowest BCUT2D eigenvalue weighted by molar-refractivity contribution is 0.0920. The van der Waals surface area contributed by atoms with Crippen molar-refractivity contribution in [2.45, 2.75) is 26.9 Å². The van der Waals surface area contributed by atoms with E-state index in [4.69, 9.17) is 9.15 Å². The molecule has 22 heavy (non-hydrogen) atoms. The molecule has 2 rings (SSSR count). The summed E-state index contributed by atoms with van der Waals surface area (Å²) in [4.78, 5) is 11.9. The minimum Gasteiger partial charge on any atom is -0.486 e. The van der Waals surface area contributed by atoms with Gasteiger partial charge in [0.2, 0.25) is 0 Å². The van der Waals surface area contributed by atoms with Crippen LogP contribution in [0, 0.1) is 11.7 Å². The highest BCUT2D eigenvalue weighted by molar-refractivity contribution is 5.91. The number of hydrogen-bond acceptors (Lipinski definition) is 3. The third kappa shape index (κ3) is 4.91. The Morgan fingerprint density at radius 1 is 1.23 bits per heavy atom. The van der Waals surface area contributed by atoms with Crippen molar-refractivity contribution in [3.63, 3.8) is 0 Å². The van der Waals surface area contributed by atoms with Crippen LogP contribution in [0.4, 0.5) is 4.39 Å². The normalized spacial score (nSPS) is 10.7. The van der Waals surface area contributed by atoms with Gasteiger partial charge in [-0.1, -0.05) is 13.8 Å². The van der Waals surface area contributed by atoms with Gasteiger partial charge in [0.25, 0.3) is 5.91 Å². The maximum atomic E-state index is 12.8. The zero-order chi connectivity index (χ0) is 15.9. The third-order valence-electron chi connectivity index (χ3n) is 3.09. The second-order valence-corrected chi connectivity index (χ2v) is 5.45. The lowest BCUT2D eigenvalue weighted by Gasteiger charge is -2.05. The van der Waals surface area contributed by atoms with E-state index in [1.54, 1.807) is 12.1 Å². The van der Waals surface area contributed by atoms with Crippen LogP contribution in [0.1, 0.15) is 36.6 Å². The van der Waals surface area contributed by atoms with Crippen LogP contribution in [0.15, 0.2) is 40.8 Å². The molecule has 0 bridgehead atoms. The maximum Gasteiger partial charge on any atom is 0.286 e. The average molecular weight is 305 g/mol. The number of amides is 1. The molecule has 0 aliphatic heterocycles. The molecule has 118 valence electrons. The molecule has 0 saturated carbocycles. The zero-order valence-electron chi connectivity index (χ0n) is 12.8. The Morgan fingerprint density at radius 2 is 1.95 bits per heavy atom. The first-order valence-corrected chi connectivity index (χ1v) is 7.30. The van der Waals surface area contributed by atoms with Crippen molar-refractivity contribution in [1.82, 2.24) is 5.32 Å². The van der Waals surface area contributed by atoms with Crippen molar-refractivity contribution in [2.24, 2.45) is 5.92 Å². The fourth-order valence-corrected chi connectivity index (χ4v) is 1.82. The molecule has 0 atom stereocenters. The molecule has 5 heteroatoms. The monoisotopic (exact) mass is 305 g/mol. The summed E-state index contributed by atoms with van der Waals surface area (Å²) < 4.78 is 23.7. The predicted molar refractivity (Wildman–Crippen MR) is 81.2 cm³/mol. The summed E-state index contributed by atoms with van der Waals surface area (Å²) in [6.45, 7) is 5.01. The molecule has 0 fully saturated rings. The Kier molecular flexibility index (Phi) is 5.58. The van der Waals surface area contributed by atoms with Crippen molar-refractivity contribution < 1.29 is 18.3 Å². The van der Waals surface area contributed by atoms with Gasteiger partial charge < -0.3 is 14.5 Å². The van der Waals surface area contributed by atoms with Gasteiger partial charge in [0.1, 0.15) is 23.9 Å². The first-order chi connectivity index (χ1) is 10.5. The molecule has 1 heterocycles. The summed E-state index contributed by atoms with van der Waals surface area (Å²) in [5, 5.41) is 2.81. The number of hydrogen-bond donors (Lipinski definition) is 1. The maximum absolute atomic E-state index is 12.8. The number of ether oxygens (including phenoxy) is 1. The number of rotatable bonds is 7. The minimum atomic E-state index is -0.314. The van der Waals surface area contributed by atoms with Crippen LogP contribution < -0.4 is 10.1 Å². The van der Waals surface area contributed by atoms with Crippen molar-refractivity contribution in [1.29, 1.82) is 0 Å².